The first kappa shape index (κ1) is 16.0. The van der Waals surface area contributed by atoms with Gasteiger partial charge in [0.15, 0.2) is 0 Å². The fourth-order valence-electron chi connectivity index (χ4n) is 3.05. The minimum atomic E-state index is -0.687. The minimum absolute atomic E-state index is 0.313. The molecule has 2 heterocycles. The lowest BCUT2D eigenvalue weighted by Gasteiger charge is -2.36. The summed E-state index contributed by atoms with van der Waals surface area (Å²) < 4.78 is 3.10. The lowest BCUT2D eigenvalue weighted by molar-refractivity contribution is -0.0119. The summed E-state index contributed by atoms with van der Waals surface area (Å²) in [5.74, 6) is 0.313. The molecule has 0 radical (unpaired) electrons. The standard InChI is InChI=1S/C15H26BrN3O/c1-4-12-14(16)13(19(5-2)18-12)9-15(3,20)11-7-6-8-17-10-11/h11,17,20H,4-10H2,1-3H3. The molecule has 0 amide bonds. The molecule has 0 aliphatic carbocycles. The first-order chi connectivity index (χ1) is 9.49. The van der Waals surface area contributed by atoms with Crippen LogP contribution < -0.4 is 5.32 Å². The van der Waals surface area contributed by atoms with Gasteiger partial charge in [0.25, 0.3) is 0 Å². The van der Waals surface area contributed by atoms with Gasteiger partial charge in [-0.05, 0) is 55.6 Å². The van der Waals surface area contributed by atoms with Gasteiger partial charge in [-0.25, -0.2) is 0 Å². The Kier molecular flexibility index (Phi) is 5.26. The van der Waals surface area contributed by atoms with Gasteiger partial charge in [-0.2, -0.15) is 5.10 Å². The molecule has 1 aromatic heterocycles. The van der Waals surface area contributed by atoms with Crippen molar-refractivity contribution in [3.05, 3.63) is 15.9 Å². The molecule has 2 unspecified atom stereocenters. The topological polar surface area (TPSA) is 50.1 Å². The summed E-state index contributed by atoms with van der Waals surface area (Å²) in [6.45, 7) is 9.00. The third kappa shape index (κ3) is 3.26. The molecule has 1 aromatic rings. The molecule has 2 atom stereocenters. The quantitative estimate of drug-likeness (QED) is 0.863. The fourth-order valence-corrected chi connectivity index (χ4v) is 3.76. The van der Waals surface area contributed by atoms with Crippen LogP contribution in [0.25, 0.3) is 0 Å². The number of aromatic nitrogens is 2. The molecule has 0 spiro atoms. The number of piperidine rings is 1. The van der Waals surface area contributed by atoms with Crippen molar-refractivity contribution in [1.82, 2.24) is 15.1 Å². The van der Waals surface area contributed by atoms with Crippen molar-refractivity contribution in [3.63, 3.8) is 0 Å². The molecular weight excluding hydrogens is 318 g/mol. The predicted molar refractivity (Wildman–Crippen MR) is 84.9 cm³/mol. The number of hydrogen-bond donors (Lipinski definition) is 2. The largest absolute Gasteiger partial charge is 0.389 e. The van der Waals surface area contributed by atoms with Crippen LogP contribution in [0.2, 0.25) is 0 Å². The third-order valence-electron chi connectivity index (χ3n) is 4.40. The second-order valence-corrected chi connectivity index (χ2v) is 6.75. The highest BCUT2D eigenvalue weighted by molar-refractivity contribution is 9.10. The van der Waals surface area contributed by atoms with Crippen molar-refractivity contribution in [1.29, 1.82) is 0 Å². The van der Waals surface area contributed by atoms with E-state index < -0.39 is 5.60 Å². The van der Waals surface area contributed by atoms with E-state index in [-0.39, 0.29) is 0 Å². The zero-order chi connectivity index (χ0) is 14.8. The van der Waals surface area contributed by atoms with E-state index >= 15 is 0 Å². The maximum Gasteiger partial charge on any atom is 0.0766 e. The van der Waals surface area contributed by atoms with Crippen LogP contribution in [0, 0.1) is 5.92 Å². The summed E-state index contributed by atoms with van der Waals surface area (Å²) in [5, 5.41) is 18.9. The number of rotatable bonds is 5. The first-order valence-corrected chi connectivity index (χ1v) is 8.46. The average molecular weight is 344 g/mol. The second-order valence-electron chi connectivity index (χ2n) is 5.95. The molecule has 0 saturated carbocycles. The number of hydrogen-bond acceptors (Lipinski definition) is 3. The second kappa shape index (κ2) is 6.58. The highest BCUT2D eigenvalue weighted by Gasteiger charge is 2.35. The first-order valence-electron chi connectivity index (χ1n) is 7.66. The van der Waals surface area contributed by atoms with E-state index in [2.05, 4.69) is 40.2 Å². The van der Waals surface area contributed by atoms with Gasteiger partial charge in [-0.15, -0.1) is 0 Å². The van der Waals surface area contributed by atoms with Crippen LogP contribution in [0.5, 0.6) is 0 Å². The minimum Gasteiger partial charge on any atom is -0.389 e. The van der Waals surface area contributed by atoms with Crippen LogP contribution in [-0.2, 0) is 19.4 Å². The van der Waals surface area contributed by atoms with Crippen LogP contribution in [-0.4, -0.2) is 33.6 Å². The summed E-state index contributed by atoms with van der Waals surface area (Å²) in [6.07, 6.45) is 3.81. The molecule has 2 rings (SSSR count). The number of nitrogens with one attached hydrogen (secondary N) is 1. The number of nitrogens with zero attached hydrogens (tertiary/aromatic N) is 2. The molecule has 2 N–H and O–H groups in total. The van der Waals surface area contributed by atoms with Crippen molar-refractivity contribution in [2.24, 2.45) is 5.92 Å². The van der Waals surface area contributed by atoms with Crippen LogP contribution in [0.1, 0.15) is 45.0 Å². The Morgan fingerprint density at radius 3 is 2.80 bits per heavy atom. The van der Waals surface area contributed by atoms with Gasteiger partial charge in [-0.3, -0.25) is 4.68 Å². The summed E-state index contributed by atoms with van der Waals surface area (Å²) in [4.78, 5) is 0. The highest BCUT2D eigenvalue weighted by Crippen LogP contribution is 2.31. The Hall–Kier alpha value is -0.390. The Morgan fingerprint density at radius 1 is 1.50 bits per heavy atom. The summed E-state index contributed by atoms with van der Waals surface area (Å²) in [5.41, 5.74) is 1.52. The Morgan fingerprint density at radius 2 is 2.25 bits per heavy atom. The third-order valence-corrected chi connectivity index (χ3v) is 5.31. The molecule has 0 bridgehead atoms. The predicted octanol–water partition coefficient (Wildman–Crippen LogP) is 2.52. The lowest BCUT2D eigenvalue weighted by atomic mass is 9.80. The summed E-state index contributed by atoms with van der Waals surface area (Å²) >= 11 is 3.67. The van der Waals surface area contributed by atoms with Gasteiger partial charge in [0, 0.05) is 25.4 Å². The molecular formula is C15H26BrN3O. The number of aliphatic hydroxyl groups is 1. The SMILES string of the molecule is CCc1nn(CC)c(CC(C)(O)C2CCCNC2)c1Br. The van der Waals surface area contributed by atoms with Crippen molar-refractivity contribution >= 4 is 15.9 Å². The van der Waals surface area contributed by atoms with Crippen LogP contribution in [0.4, 0.5) is 0 Å². The van der Waals surface area contributed by atoms with Gasteiger partial charge in [0.05, 0.1) is 21.5 Å². The van der Waals surface area contributed by atoms with E-state index in [9.17, 15) is 5.11 Å². The smallest absolute Gasteiger partial charge is 0.0766 e. The van der Waals surface area contributed by atoms with E-state index in [1.165, 1.54) is 0 Å². The fraction of sp³-hybridized carbons (Fsp3) is 0.800. The molecule has 114 valence electrons. The van der Waals surface area contributed by atoms with Crippen LogP contribution >= 0.6 is 15.9 Å². The van der Waals surface area contributed by atoms with E-state index in [0.29, 0.717) is 12.3 Å². The maximum absolute atomic E-state index is 10.9. The Balaban J connectivity index is 2.21. The summed E-state index contributed by atoms with van der Waals surface area (Å²) in [6, 6.07) is 0. The van der Waals surface area contributed by atoms with Crippen molar-refractivity contribution < 1.29 is 5.11 Å². The normalized spacial score (nSPS) is 22.8. The molecule has 1 fully saturated rings. The summed E-state index contributed by atoms with van der Waals surface area (Å²) in [7, 11) is 0. The Bertz CT molecular complexity index is 450. The van der Waals surface area contributed by atoms with Gasteiger partial charge in [0.2, 0.25) is 0 Å². The van der Waals surface area contributed by atoms with Crippen LogP contribution in [0.3, 0.4) is 0 Å². The zero-order valence-corrected chi connectivity index (χ0v) is 14.3. The molecule has 20 heavy (non-hydrogen) atoms. The monoisotopic (exact) mass is 343 g/mol. The van der Waals surface area contributed by atoms with E-state index in [4.69, 9.17) is 0 Å². The van der Waals surface area contributed by atoms with Gasteiger partial charge in [-0.1, -0.05) is 6.92 Å². The molecule has 4 nitrogen and oxygen atoms in total. The maximum atomic E-state index is 10.9. The highest BCUT2D eigenvalue weighted by atomic mass is 79.9. The van der Waals surface area contributed by atoms with E-state index in [1.807, 2.05) is 11.6 Å². The van der Waals surface area contributed by atoms with Crippen LogP contribution in [0.15, 0.2) is 4.47 Å². The average Bonchev–Trinajstić information content (AvgIpc) is 2.76. The zero-order valence-electron chi connectivity index (χ0n) is 12.7. The van der Waals surface area contributed by atoms with Gasteiger partial charge < -0.3 is 10.4 Å². The van der Waals surface area contributed by atoms with Crippen molar-refractivity contribution in [2.45, 2.75) is 58.6 Å². The molecule has 1 aliphatic rings. The number of aryl methyl sites for hydroxylation is 2. The van der Waals surface area contributed by atoms with Gasteiger partial charge >= 0.3 is 0 Å². The lowest BCUT2D eigenvalue weighted by Crippen LogP contribution is -2.46. The van der Waals surface area contributed by atoms with Crippen molar-refractivity contribution in [3.8, 4) is 0 Å². The Labute approximate surface area is 130 Å². The van der Waals surface area contributed by atoms with Crippen molar-refractivity contribution in [2.75, 3.05) is 13.1 Å². The molecule has 0 aromatic carbocycles. The molecule has 1 aliphatic heterocycles. The molecule has 1 saturated heterocycles. The van der Waals surface area contributed by atoms with E-state index in [1.54, 1.807) is 0 Å². The molecule has 5 heteroatoms. The van der Waals surface area contributed by atoms with E-state index in [0.717, 1.165) is 54.8 Å². The van der Waals surface area contributed by atoms with Gasteiger partial charge in [0.1, 0.15) is 0 Å². The number of halogens is 1.